The summed E-state index contributed by atoms with van der Waals surface area (Å²) in [5, 5.41) is 2.43. The van der Waals surface area contributed by atoms with Crippen molar-refractivity contribution in [3.05, 3.63) is 24.0 Å². The van der Waals surface area contributed by atoms with Gasteiger partial charge in [0.15, 0.2) is 11.6 Å². The zero-order valence-corrected chi connectivity index (χ0v) is 18.8. The number of nitrogens with one attached hydrogen (secondary N) is 2. The molecule has 2 fully saturated rings. The molecule has 1 unspecified atom stereocenters. The second-order valence-electron chi connectivity index (χ2n) is 9.18. The van der Waals surface area contributed by atoms with Crippen LogP contribution in [-0.2, 0) is 9.59 Å². The Bertz CT molecular complexity index is 752. The molecule has 1 heterocycles. The van der Waals surface area contributed by atoms with Crippen molar-refractivity contribution in [3.8, 4) is 5.75 Å². The van der Waals surface area contributed by atoms with Crippen LogP contribution in [0.5, 0.6) is 5.75 Å². The van der Waals surface area contributed by atoms with E-state index in [0.717, 1.165) is 37.0 Å². The average Bonchev–Trinajstić information content (AvgIpc) is 3.52. The van der Waals surface area contributed by atoms with Gasteiger partial charge in [-0.2, -0.15) is 0 Å². The van der Waals surface area contributed by atoms with E-state index in [2.05, 4.69) is 23.9 Å². The molecule has 0 aromatic heterocycles. The zero-order chi connectivity index (χ0) is 21.6. The maximum atomic E-state index is 13.9. The van der Waals surface area contributed by atoms with Crippen molar-refractivity contribution in [1.29, 1.82) is 0 Å². The first kappa shape index (κ1) is 23.1. The van der Waals surface area contributed by atoms with Gasteiger partial charge >= 0.3 is 0 Å². The van der Waals surface area contributed by atoms with Crippen LogP contribution in [-0.4, -0.2) is 24.0 Å². The van der Waals surface area contributed by atoms with Gasteiger partial charge in [-0.3, -0.25) is 19.6 Å². The lowest BCUT2D eigenvalue weighted by Crippen LogP contribution is -2.40. The van der Waals surface area contributed by atoms with Gasteiger partial charge < -0.3 is 4.74 Å². The number of carbonyl (C=O) groups is 2. The molecule has 3 rings (SSSR count). The van der Waals surface area contributed by atoms with E-state index in [-0.39, 0.29) is 29.1 Å². The maximum absolute atomic E-state index is 13.9. The Balaban J connectivity index is 1.34. The maximum Gasteiger partial charge on any atom is 0.229 e. The first-order valence-corrected chi connectivity index (χ1v) is 11.8. The van der Waals surface area contributed by atoms with Gasteiger partial charge in [-0.25, -0.2) is 4.39 Å². The van der Waals surface area contributed by atoms with E-state index < -0.39 is 0 Å². The number of benzene rings is 1. The van der Waals surface area contributed by atoms with Crippen LogP contribution in [0.3, 0.4) is 0 Å². The molecule has 1 saturated carbocycles. The first-order valence-electron chi connectivity index (χ1n) is 11.0. The van der Waals surface area contributed by atoms with Crippen molar-refractivity contribution in [2.75, 3.05) is 6.61 Å². The number of piperidine rings is 1. The summed E-state index contributed by atoms with van der Waals surface area (Å²) < 4.78 is 23.0. The summed E-state index contributed by atoms with van der Waals surface area (Å²) in [6.07, 6.45) is 8.46. The average molecular weight is 437 g/mol. The molecule has 1 aliphatic carbocycles. The molecule has 2 N–H and O–H groups in total. The number of unbranched alkanes of at least 4 members (excludes halogenated alkanes) is 2. The number of carbonyl (C=O) groups excluding carboxylic acids is 2. The lowest BCUT2D eigenvalue weighted by atomic mass is 9.91. The standard InChI is InChI=1S/C23H33FN2O3S/c1-23(2,13-5-3-4-6-17-9-12-21(27)25-22(17)28)26-30-18-10-11-19(24)20(14-18)29-15-16-7-8-16/h10-11,14,16-17,26H,3-9,12-13,15H2,1-2H3,(H,25,27,28). The Labute approximate surface area is 183 Å². The second kappa shape index (κ2) is 10.6. The van der Waals surface area contributed by atoms with Crippen molar-refractivity contribution in [2.45, 2.75) is 82.1 Å². The second-order valence-corrected chi connectivity index (χ2v) is 10.1. The van der Waals surface area contributed by atoms with Crippen LogP contribution >= 0.6 is 11.9 Å². The fourth-order valence-electron chi connectivity index (χ4n) is 3.55. The van der Waals surface area contributed by atoms with E-state index in [1.54, 1.807) is 12.1 Å². The highest BCUT2D eigenvalue weighted by molar-refractivity contribution is 7.97. The number of hydrogen-bond donors (Lipinski definition) is 2. The first-order chi connectivity index (χ1) is 14.3. The van der Waals surface area contributed by atoms with Crippen LogP contribution in [0.2, 0.25) is 0 Å². The van der Waals surface area contributed by atoms with E-state index in [0.29, 0.717) is 31.1 Å². The summed E-state index contributed by atoms with van der Waals surface area (Å²) in [5.74, 6) is 0.343. The molecule has 2 aliphatic rings. The van der Waals surface area contributed by atoms with Gasteiger partial charge in [-0.15, -0.1) is 0 Å². The molecule has 1 aromatic rings. The summed E-state index contributed by atoms with van der Waals surface area (Å²) in [7, 11) is 0. The molecule has 1 saturated heterocycles. The highest BCUT2D eigenvalue weighted by atomic mass is 32.2. The van der Waals surface area contributed by atoms with Crippen LogP contribution in [0.15, 0.2) is 23.1 Å². The molecule has 7 heteroatoms. The van der Waals surface area contributed by atoms with Gasteiger partial charge in [-0.05, 0) is 82.0 Å². The van der Waals surface area contributed by atoms with E-state index in [1.807, 2.05) is 0 Å². The van der Waals surface area contributed by atoms with Gasteiger partial charge in [0.05, 0.1) is 6.61 Å². The molecule has 166 valence electrons. The van der Waals surface area contributed by atoms with E-state index in [9.17, 15) is 14.0 Å². The van der Waals surface area contributed by atoms with E-state index in [4.69, 9.17) is 4.74 Å². The zero-order valence-electron chi connectivity index (χ0n) is 18.0. The predicted octanol–water partition coefficient (Wildman–Crippen LogP) is 4.99. The monoisotopic (exact) mass is 436 g/mol. The highest BCUT2D eigenvalue weighted by Gasteiger charge is 2.26. The Morgan fingerprint density at radius 3 is 2.73 bits per heavy atom. The number of imide groups is 1. The molecule has 30 heavy (non-hydrogen) atoms. The SMILES string of the molecule is CC(C)(CCCCCC1CCC(=O)NC1=O)NSc1ccc(F)c(OCC2CC2)c1. The summed E-state index contributed by atoms with van der Waals surface area (Å²) in [4.78, 5) is 23.9. The third kappa shape index (κ3) is 7.58. The van der Waals surface area contributed by atoms with Gasteiger partial charge in [0.25, 0.3) is 0 Å². The quantitative estimate of drug-likeness (QED) is 0.274. The van der Waals surface area contributed by atoms with Gasteiger partial charge in [-0.1, -0.05) is 19.3 Å². The minimum absolute atomic E-state index is 0.0146. The Morgan fingerprint density at radius 2 is 2.00 bits per heavy atom. The van der Waals surface area contributed by atoms with Crippen LogP contribution in [0.4, 0.5) is 4.39 Å². The normalized spacial score (nSPS) is 19.6. The minimum atomic E-state index is -0.310. The van der Waals surface area contributed by atoms with E-state index >= 15 is 0 Å². The molecule has 0 radical (unpaired) electrons. The highest BCUT2D eigenvalue weighted by Crippen LogP contribution is 2.32. The summed E-state index contributed by atoms with van der Waals surface area (Å²) in [6.45, 7) is 4.92. The fourth-order valence-corrected chi connectivity index (χ4v) is 4.34. The third-order valence-corrected chi connectivity index (χ3v) is 6.87. The van der Waals surface area contributed by atoms with E-state index in [1.165, 1.54) is 30.9 Å². The predicted molar refractivity (Wildman–Crippen MR) is 117 cm³/mol. The Morgan fingerprint density at radius 1 is 1.20 bits per heavy atom. The van der Waals surface area contributed by atoms with Crippen LogP contribution in [0, 0.1) is 17.7 Å². The number of hydrogen-bond acceptors (Lipinski definition) is 5. The lowest BCUT2D eigenvalue weighted by molar-refractivity contribution is -0.136. The summed E-state index contributed by atoms with van der Waals surface area (Å²) in [5.41, 5.74) is -0.0667. The van der Waals surface area contributed by atoms with Crippen molar-refractivity contribution in [3.63, 3.8) is 0 Å². The largest absolute Gasteiger partial charge is 0.490 e. The van der Waals surface area contributed by atoms with Crippen molar-refractivity contribution >= 4 is 23.8 Å². The fraction of sp³-hybridized carbons (Fsp3) is 0.652. The van der Waals surface area contributed by atoms with Crippen LogP contribution < -0.4 is 14.8 Å². The molecular weight excluding hydrogens is 403 g/mol. The smallest absolute Gasteiger partial charge is 0.229 e. The number of rotatable bonds is 12. The molecule has 2 amide bonds. The Hall–Kier alpha value is -1.60. The number of ether oxygens (including phenoxy) is 1. The van der Waals surface area contributed by atoms with Crippen LogP contribution in [0.1, 0.15) is 71.6 Å². The summed E-state index contributed by atoms with van der Waals surface area (Å²) in [6, 6.07) is 5.01. The number of amides is 2. The molecule has 5 nitrogen and oxygen atoms in total. The molecular formula is C23H33FN2O3S. The Kier molecular flexibility index (Phi) is 8.17. The lowest BCUT2D eigenvalue weighted by Gasteiger charge is -2.26. The molecule has 1 aliphatic heterocycles. The van der Waals surface area contributed by atoms with Crippen molar-refractivity contribution < 1.29 is 18.7 Å². The molecule has 0 spiro atoms. The minimum Gasteiger partial charge on any atom is -0.490 e. The van der Waals surface area contributed by atoms with Gasteiger partial charge in [0.1, 0.15) is 0 Å². The van der Waals surface area contributed by atoms with Crippen molar-refractivity contribution in [1.82, 2.24) is 10.0 Å². The molecule has 1 aromatic carbocycles. The molecule has 0 bridgehead atoms. The molecule has 1 atom stereocenters. The topological polar surface area (TPSA) is 67.4 Å². The van der Waals surface area contributed by atoms with Gasteiger partial charge in [0, 0.05) is 22.8 Å². The third-order valence-electron chi connectivity index (χ3n) is 5.73. The summed E-state index contributed by atoms with van der Waals surface area (Å²) >= 11 is 1.51. The van der Waals surface area contributed by atoms with Crippen LogP contribution in [0.25, 0.3) is 0 Å². The van der Waals surface area contributed by atoms with Gasteiger partial charge in [0.2, 0.25) is 11.8 Å². The van der Waals surface area contributed by atoms with Crippen molar-refractivity contribution in [2.24, 2.45) is 11.8 Å². The number of halogens is 1.